The van der Waals surface area contributed by atoms with Crippen molar-refractivity contribution in [3.63, 3.8) is 0 Å². The summed E-state index contributed by atoms with van der Waals surface area (Å²) in [5.74, 6) is 0.126. The molecule has 0 saturated heterocycles. The molecule has 0 aliphatic rings. The average Bonchev–Trinajstić information content (AvgIpc) is 3.13. The number of unbranched alkanes of at least 4 members (excludes halogenated alkanes) is 25. The van der Waals surface area contributed by atoms with Gasteiger partial charge in [-0.2, -0.15) is 0 Å². The number of hydrogen-bond donors (Lipinski definition) is 1. The molecule has 0 bridgehead atoms. The highest BCUT2D eigenvalue weighted by Gasteiger charge is 2.19. The van der Waals surface area contributed by atoms with Crippen LogP contribution >= 0.6 is 0 Å². The van der Waals surface area contributed by atoms with E-state index >= 15 is 0 Å². The number of aliphatic hydroxyl groups excluding tert-OH is 1. The zero-order chi connectivity index (χ0) is 37.3. The lowest BCUT2D eigenvalue weighted by molar-refractivity contribution is -0.149. The number of aliphatic hydroxyl groups is 1. The number of nitrogens with zero attached hydrogens (tertiary/aromatic N) is 1. The molecular formula is C45H89NO5. The maximum atomic E-state index is 13.0. The van der Waals surface area contributed by atoms with Crippen LogP contribution in [0.2, 0.25) is 0 Å². The Morgan fingerprint density at radius 2 is 0.824 bits per heavy atom. The Morgan fingerprint density at radius 3 is 1.27 bits per heavy atom. The van der Waals surface area contributed by atoms with Gasteiger partial charge in [-0.25, -0.2) is 0 Å². The molecule has 0 heterocycles. The van der Waals surface area contributed by atoms with Gasteiger partial charge in [0.2, 0.25) is 0 Å². The molecule has 0 aromatic heterocycles. The molecule has 0 radical (unpaired) electrons. The van der Waals surface area contributed by atoms with Gasteiger partial charge in [0.25, 0.3) is 0 Å². The van der Waals surface area contributed by atoms with Crippen LogP contribution in [-0.4, -0.2) is 61.4 Å². The number of rotatable bonds is 42. The van der Waals surface area contributed by atoms with Crippen LogP contribution in [0.3, 0.4) is 0 Å². The van der Waals surface area contributed by atoms with Crippen molar-refractivity contribution >= 4 is 11.9 Å². The topological polar surface area (TPSA) is 76.1 Å². The third-order valence-corrected chi connectivity index (χ3v) is 10.5. The van der Waals surface area contributed by atoms with Gasteiger partial charge in [-0.15, -0.1) is 0 Å². The highest BCUT2D eigenvalue weighted by Crippen LogP contribution is 2.21. The van der Waals surface area contributed by atoms with Crippen molar-refractivity contribution in [1.82, 2.24) is 4.90 Å². The lowest BCUT2D eigenvalue weighted by atomic mass is 9.94. The summed E-state index contributed by atoms with van der Waals surface area (Å²) in [6.45, 7) is 11.0. The maximum Gasteiger partial charge on any atom is 0.308 e. The largest absolute Gasteiger partial charge is 0.466 e. The van der Waals surface area contributed by atoms with Crippen LogP contribution in [0.5, 0.6) is 0 Å². The fourth-order valence-electron chi connectivity index (χ4n) is 7.09. The van der Waals surface area contributed by atoms with E-state index in [1.54, 1.807) is 0 Å². The molecule has 0 aromatic carbocycles. The Kier molecular flexibility index (Phi) is 40.7. The minimum atomic E-state index is -0.0300. The van der Waals surface area contributed by atoms with Gasteiger partial charge in [-0.3, -0.25) is 9.59 Å². The first kappa shape index (κ1) is 49.9. The van der Waals surface area contributed by atoms with E-state index in [1.807, 2.05) is 0 Å². The zero-order valence-corrected chi connectivity index (χ0v) is 34.7. The van der Waals surface area contributed by atoms with Gasteiger partial charge in [0.05, 0.1) is 25.7 Å². The third kappa shape index (κ3) is 37.0. The smallest absolute Gasteiger partial charge is 0.308 e. The summed E-state index contributed by atoms with van der Waals surface area (Å²) in [4.78, 5) is 27.4. The van der Waals surface area contributed by atoms with Crippen molar-refractivity contribution in [2.75, 3.05) is 39.5 Å². The summed E-state index contributed by atoms with van der Waals surface area (Å²) in [7, 11) is 0. The van der Waals surface area contributed by atoms with Gasteiger partial charge in [-0.1, -0.05) is 181 Å². The number of carbonyl (C=O) groups excluding carboxylic acids is 2. The van der Waals surface area contributed by atoms with Crippen molar-refractivity contribution in [2.24, 2.45) is 5.92 Å². The summed E-state index contributed by atoms with van der Waals surface area (Å²) in [5, 5.41) is 9.54. The second-order valence-corrected chi connectivity index (χ2v) is 15.5. The molecule has 0 fully saturated rings. The normalized spacial score (nSPS) is 12.1. The molecule has 1 N–H and O–H groups in total. The Bertz CT molecular complexity index is 717. The van der Waals surface area contributed by atoms with Crippen LogP contribution in [0.25, 0.3) is 0 Å². The fraction of sp³-hybridized carbons (Fsp3) is 0.956. The highest BCUT2D eigenvalue weighted by molar-refractivity contribution is 5.72. The molecule has 0 saturated carbocycles. The molecule has 0 amide bonds. The quantitative estimate of drug-likeness (QED) is 0.0499. The molecule has 51 heavy (non-hydrogen) atoms. The molecule has 6 heteroatoms. The Labute approximate surface area is 318 Å². The summed E-state index contributed by atoms with van der Waals surface area (Å²) in [6.07, 6.45) is 38.9. The van der Waals surface area contributed by atoms with Crippen LogP contribution in [0.1, 0.15) is 233 Å². The molecule has 0 aliphatic heterocycles. The molecule has 0 spiro atoms. The van der Waals surface area contributed by atoms with Gasteiger partial charge in [0, 0.05) is 13.0 Å². The van der Waals surface area contributed by atoms with E-state index in [1.165, 1.54) is 128 Å². The van der Waals surface area contributed by atoms with Gasteiger partial charge < -0.3 is 19.5 Å². The second kappa shape index (κ2) is 41.6. The van der Waals surface area contributed by atoms with Crippen LogP contribution < -0.4 is 0 Å². The first-order valence-electron chi connectivity index (χ1n) is 22.7. The van der Waals surface area contributed by atoms with E-state index in [2.05, 4.69) is 25.7 Å². The average molecular weight is 724 g/mol. The van der Waals surface area contributed by atoms with Gasteiger partial charge in [0.15, 0.2) is 0 Å². The first-order valence-corrected chi connectivity index (χ1v) is 22.7. The Balaban J connectivity index is 3.96. The van der Waals surface area contributed by atoms with Crippen LogP contribution in [-0.2, 0) is 19.1 Å². The molecular weight excluding hydrogens is 634 g/mol. The minimum absolute atomic E-state index is 0.0300. The maximum absolute atomic E-state index is 13.0. The van der Waals surface area contributed by atoms with Gasteiger partial charge in [-0.05, 0) is 58.0 Å². The molecule has 304 valence electrons. The van der Waals surface area contributed by atoms with E-state index in [-0.39, 0.29) is 24.5 Å². The number of ether oxygens (including phenoxy) is 2. The first-order chi connectivity index (χ1) is 25.1. The molecule has 0 rings (SSSR count). The third-order valence-electron chi connectivity index (χ3n) is 10.5. The standard InChI is InChI=1S/C45H89NO5/c1-4-7-10-13-16-21-28-35-43(34-27-20-15-12-9-6-3)45(49)51-42-33-26-19-24-31-38-46(39-40-47)37-30-23-18-22-29-36-44(48)50-41-32-25-17-14-11-8-5-2/h43,47H,4-42H2,1-3H3. The summed E-state index contributed by atoms with van der Waals surface area (Å²) < 4.78 is 11.2. The lowest BCUT2D eigenvalue weighted by Gasteiger charge is -2.21. The summed E-state index contributed by atoms with van der Waals surface area (Å²) >= 11 is 0. The number of hydrogen-bond acceptors (Lipinski definition) is 6. The van der Waals surface area contributed by atoms with E-state index < -0.39 is 0 Å². The molecule has 0 aromatic rings. The van der Waals surface area contributed by atoms with Gasteiger partial charge >= 0.3 is 11.9 Å². The van der Waals surface area contributed by atoms with Crippen molar-refractivity contribution in [2.45, 2.75) is 233 Å². The lowest BCUT2D eigenvalue weighted by Crippen LogP contribution is -2.29. The van der Waals surface area contributed by atoms with E-state index in [9.17, 15) is 14.7 Å². The molecule has 6 nitrogen and oxygen atoms in total. The van der Waals surface area contributed by atoms with E-state index in [0.717, 1.165) is 96.7 Å². The minimum Gasteiger partial charge on any atom is -0.466 e. The highest BCUT2D eigenvalue weighted by atomic mass is 16.5. The van der Waals surface area contributed by atoms with Crippen molar-refractivity contribution in [3.05, 3.63) is 0 Å². The zero-order valence-electron chi connectivity index (χ0n) is 34.7. The number of carbonyl (C=O) groups is 2. The second-order valence-electron chi connectivity index (χ2n) is 15.5. The van der Waals surface area contributed by atoms with Crippen molar-refractivity contribution in [3.8, 4) is 0 Å². The molecule has 0 aliphatic carbocycles. The molecule has 1 atom stereocenters. The summed E-state index contributed by atoms with van der Waals surface area (Å²) in [5.41, 5.74) is 0. The summed E-state index contributed by atoms with van der Waals surface area (Å²) in [6, 6.07) is 0. The van der Waals surface area contributed by atoms with Crippen LogP contribution in [0, 0.1) is 5.92 Å². The van der Waals surface area contributed by atoms with Crippen LogP contribution in [0.4, 0.5) is 0 Å². The fourth-order valence-corrected chi connectivity index (χ4v) is 7.09. The predicted molar refractivity (Wildman–Crippen MR) is 218 cm³/mol. The molecule has 1 unspecified atom stereocenters. The van der Waals surface area contributed by atoms with E-state index in [0.29, 0.717) is 19.6 Å². The van der Waals surface area contributed by atoms with Crippen LogP contribution in [0.15, 0.2) is 0 Å². The SMILES string of the molecule is CCCCCCCCCOC(=O)CCCCCCCN(CCO)CCCCCCCOC(=O)C(CCCCCCCC)CCCCCCCCC. The number of esters is 2. The Morgan fingerprint density at radius 1 is 0.451 bits per heavy atom. The van der Waals surface area contributed by atoms with Gasteiger partial charge in [0.1, 0.15) is 0 Å². The predicted octanol–water partition coefficient (Wildman–Crippen LogP) is 12.9. The van der Waals surface area contributed by atoms with E-state index in [4.69, 9.17) is 9.47 Å². The Hall–Kier alpha value is -1.14. The van der Waals surface area contributed by atoms with Crippen molar-refractivity contribution < 1.29 is 24.2 Å². The monoisotopic (exact) mass is 724 g/mol. The van der Waals surface area contributed by atoms with Crippen molar-refractivity contribution in [1.29, 1.82) is 0 Å².